The van der Waals surface area contributed by atoms with Crippen molar-refractivity contribution < 1.29 is 9.72 Å². The first-order valence-corrected chi connectivity index (χ1v) is 9.32. The lowest BCUT2D eigenvalue weighted by atomic mass is 10.1. The van der Waals surface area contributed by atoms with Crippen molar-refractivity contribution in [3.8, 4) is 11.3 Å². The third-order valence-electron chi connectivity index (χ3n) is 4.21. The van der Waals surface area contributed by atoms with E-state index in [4.69, 9.17) is 11.6 Å². The fourth-order valence-corrected chi connectivity index (χ4v) is 3.85. The topological polar surface area (TPSA) is 102 Å². The van der Waals surface area contributed by atoms with E-state index in [1.807, 2.05) is 5.38 Å². The minimum atomic E-state index is -0.436. The molecule has 10 heteroatoms. The van der Waals surface area contributed by atoms with Gasteiger partial charge in [-0.1, -0.05) is 23.7 Å². The van der Waals surface area contributed by atoms with Crippen LogP contribution in [0.2, 0.25) is 5.02 Å². The number of hydrogen-bond acceptors (Lipinski definition) is 6. The molecule has 4 rings (SSSR count). The minimum absolute atomic E-state index is 0.0125. The van der Waals surface area contributed by atoms with E-state index in [1.165, 1.54) is 23.5 Å². The Labute approximate surface area is 167 Å². The van der Waals surface area contributed by atoms with E-state index in [1.54, 1.807) is 41.9 Å². The average molecular weight is 414 g/mol. The number of carbonyl (C=O) groups excluding carboxylic acids is 1. The number of rotatable bonds is 3. The molecule has 140 valence electrons. The van der Waals surface area contributed by atoms with Gasteiger partial charge < -0.3 is 9.88 Å². The molecule has 0 unspecified atom stereocenters. The highest BCUT2D eigenvalue weighted by atomic mass is 35.5. The summed E-state index contributed by atoms with van der Waals surface area (Å²) in [7, 11) is 1.78. The van der Waals surface area contributed by atoms with Gasteiger partial charge >= 0.3 is 0 Å². The molecular weight excluding hydrogens is 402 g/mol. The molecule has 0 fully saturated rings. The molecule has 1 aromatic heterocycles. The smallest absolute Gasteiger partial charge is 0.276 e. The summed E-state index contributed by atoms with van der Waals surface area (Å²) in [5.41, 5.74) is 2.88. The quantitative estimate of drug-likeness (QED) is 0.524. The number of thiazole rings is 1. The van der Waals surface area contributed by atoms with E-state index in [9.17, 15) is 14.9 Å². The van der Waals surface area contributed by atoms with Crippen LogP contribution in [-0.4, -0.2) is 21.1 Å². The van der Waals surface area contributed by atoms with Crippen LogP contribution in [0.4, 0.5) is 11.4 Å². The lowest BCUT2D eigenvalue weighted by molar-refractivity contribution is -0.384. The highest BCUT2D eigenvalue weighted by Crippen LogP contribution is 2.27. The summed E-state index contributed by atoms with van der Waals surface area (Å²) in [6.45, 7) is 0. The lowest BCUT2D eigenvalue weighted by Gasteiger charge is -2.02. The summed E-state index contributed by atoms with van der Waals surface area (Å²) in [4.78, 5) is 23.3. The summed E-state index contributed by atoms with van der Waals surface area (Å²) < 4.78 is 1.76. The Morgan fingerprint density at radius 3 is 2.82 bits per heavy atom. The largest absolute Gasteiger partial charge is 0.320 e. The standard InChI is InChI=1S/C18H12ClN5O3S/c1-23-15(10-3-2-4-12(7-10)24(26)27)9-28-18(23)22-21-16-13-8-11(19)5-6-14(13)20-17(16)25/h2-9H,1H3,(H,20,21,25)/b22-18-. The maximum Gasteiger partial charge on any atom is 0.276 e. The molecule has 0 spiro atoms. The summed E-state index contributed by atoms with van der Waals surface area (Å²) >= 11 is 7.33. The molecule has 0 saturated heterocycles. The number of nitrogens with one attached hydrogen (secondary N) is 1. The van der Waals surface area contributed by atoms with Crippen LogP contribution in [0.1, 0.15) is 5.56 Å². The van der Waals surface area contributed by atoms with Crippen molar-refractivity contribution in [2.45, 2.75) is 0 Å². The molecule has 0 saturated carbocycles. The van der Waals surface area contributed by atoms with Crippen LogP contribution in [0.3, 0.4) is 0 Å². The highest BCUT2D eigenvalue weighted by molar-refractivity contribution is 7.07. The van der Waals surface area contributed by atoms with Crippen LogP contribution in [0, 0.1) is 10.1 Å². The second kappa shape index (κ2) is 7.02. The van der Waals surface area contributed by atoms with Gasteiger partial charge in [0.2, 0.25) is 4.80 Å². The van der Waals surface area contributed by atoms with Crippen LogP contribution in [-0.2, 0) is 11.8 Å². The van der Waals surface area contributed by atoms with Crippen molar-refractivity contribution >= 4 is 45.9 Å². The predicted molar refractivity (Wildman–Crippen MR) is 108 cm³/mol. The van der Waals surface area contributed by atoms with Crippen molar-refractivity contribution in [2.24, 2.45) is 17.3 Å². The fourth-order valence-electron chi connectivity index (χ4n) is 2.82. The van der Waals surface area contributed by atoms with Gasteiger partial charge in [0, 0.05) is 40.7 Å². The second-order valence-electron chi connectivity index (χ2n) is 5.96. The molecule has 28 heavy (non-hydrogen) atoms. The van der Waals surface area contributed by atoms with Crippen LogP contribution in [0.5, 0.6) is 0 Å². The molecule has 0 atom stereocenters. The second-order valence-corrected chi connectivity index (χ2v) is 7.24. The molecular formula is C18H12ClN5O3S. The van der Waals surface area contributed by atoms with E-state index in [0.717, 1.165) is 5.69 Å². The first-order valence-electron chi connectivity index (χ1n) is 8.06. The summed E-state index contributed by atoms with van der Waals surface area (Å²) in [6, 6.07) is 11.4. The van der Waals surface area contributed by atoms with Crippen LogP contribution < -0.4 is 10.1 Å². The van der Waals surface area contributed by atoms with Crippen LogP contribution >= 0.6 is 22.9 Å². The third kappa shape index (κ3) is 3.21. The van der Waals surface area contributed by atoms with Gasteiger partial charge in [-0.25, -0.2) is 0 Å². The highest BCUT2D eigenvalue weighted by Gasteiger charge is 2.26. The van der Waals surface area contributed by atoms with Crippen molar-refractivity contribution in [2.75, 3.05) is 5.32 Å². The number of nitro groups is 1. The summed E-state index contributed by atoms with van der Waals surface area (Å²) in [6.07, 6.45) is 0. The van der Waals surface area contributed by atoms with E-state index in [2.05, 4.69) is 15.5 Å². The molecule has 1 N–H and O–H groups in total. The van der Waals surface area contributed by atoms with Gasteiger partial charge in [0.1, 0.15) is 0 Å². The lowest BCUT2D eigenvalue weighted by Crippen LogP contribution is -2.15. The molecule has 2 heterocycles. The van der Waals surface area contributed by atoms with Gasteiger partial charge in [-0.2, -0.15) is 0 Å². The van der Waals surface area contributed by atoms with Crippen LogP contribution in [0.25, 0.3) is 11.3 Å². The fraction of sp³-hybridized carbons (Fsp3) is 0.0556. The number of anilines is 1. The van der Waals surface area contributed by atoms with E-state index in [0.29, 0.717) is 26.6 Å². The maximum absolute atomic E-state index is 12.2. The Morgan fingerprint density at radius 2 is 2.04 bits per heavy atom. The molecule has 0 bridgehead atoms. The van der Waals surface area contributed by atoms with Gasteiger partial charge in [-0.15, -0.1) is 21.5 Å². The number of nitrogens with zero attached hydrogens (tertiary/aromatic N) is 4. The molecule has 1 aliphatic rings. The predicted octanol–water partition coefficient (Wildman–Crippen LogP) is 3.57. The van der Waals surface area contributed by atoms with Crippen molar-refractivity contribution in [3.63, 3.8) is 0 Å². The van der Waals surface area contributed by atoms with Gasteiger partial charge in [-0.05, 0) is 18.2 Å². The Balaban J connectivity index is 1.75. The zero-order valence-corrected chi connectivity index (χ0v) is 16.0. The SMILES string of the molecule is Cn1c(-c2cccc([N+](=O)[O-])c2)cs/c1=N\N=C1\C(=O)Nc2ccc(Cl)cc21. The molecule has 0 radical (unpaired) electrons. The first kappa shape index (κ1) is 18.1. The summed E-state index contributed by atoms with van der Waals surface area (Å²) in [5, 5.41) is 24.4. The molecule has 1 aliphatic heterocycles. The number of hydrogen-bond donors (Lipinski definition) is 1. The van der Waals surface area contributed by atoms with Crippen molar-refractivity contribution in [1.29, 1.82) is 0 Å². The van der Waals surface area contributed by atoms with Gasteiger partial charge in [0.25, 0.3) is 11.6 Å². The summed E-state index contributed by atoms with van der Waals surface area (Å²) in [5.74, 6) is -0.348. The average Bonchev–Trinajstić information content (AvgIpc) is 3.19. The molecule has 1 amide bonds. The molecule has 2 aromatic carbocycles. The molecule has 8 nitrogen and oxygen atoms in total. The van der Waals surface area contributed by atoms with E-state index in [-0.39, 0.29) is 17.3 Å². The normalized spacial score (nSPS) is 15.0. The van der Waals surface area contributed by atoms with Gasteiger partial charge in [-0.3, -0.25) is 14.9 Å². The Kier molecular flexibility index (Phi) is 4.54. The van der Waals surface area contributed by atoms with Gasteiger partial charge in [0.15, 0.2) is 5.71 Å². The number of fused-ring (bicyclic) bond motifs is 1. The van der Waals surface area contributed by atoms with Gasteiger partial charge in [0.05, 0.1) is 16.3 Å². The van der Waals surface area contributed by atoms with Crippen LogP contribution in [0.15, 0.2) is 58.0 Å². The van der Waals surface area contributed by atoms with E-state index >= 15 is 0 Å². The minimum Gasteiger partial charge on any atom is -0.320 e. The zero-order valence-electron chi connectivity index (χ0n) is 14.4. The monoisotopic (exact) mass is 413 g/mol. The molecule has 0 aliphatic carbocycles. The number of benzene rings is 2. The number of nitro benzene ring substituents is 1. The number of aromatic nitrogens is 1. The third-order valence-corrected chi connectivity index (χ3v) is 5.36. The number of halogens is 1. The Hall–Kier alpha value is -3.30. The Morgan fingerprint density at radius 1 is 1.21 bits per heavy atom. The number of amides is 1. The number of non-ortho nitro benzene ring substituents is 1. The zero-order chi connectivity index (χ0) is 19.8. The maximum atomic E-state index is 12.2. The van der Waals surface area contributed by atoms with Crippen molar-refractivity contribution in [3.05, 3.63) is 73.3 Å². The Bertz CT molecular complexity index is 1230. The first-order chi connectivity index (χ1) is 13.4. The number of carbonyl (C=O) groups is 1. The van der Waals surface area contributed by atoms with E-state index < -0.39 is 4.92 Å². The molecule has 3 aromatic rings. The van der Waals surface area contributed by atoms with Crippen molar-refractivity contribution in [1.82, 2.24) is 4.57 Å².